The molecule has 5 nitrogen and oxygen atoms in total. The second kappa shape index (κ2) is 8.82. The van der Waals surface area contributed by atoms with Crippen molar-refractivity contribution in [1.29, 1.82) is 0 Å². The van der Waals surface area contributed by atoms with Gasteiger partial charge >= 0.3 is 6.09 Å². The molecule has 0 aliphatic carbocycles. The third kappa shape index (κ3) is 5.68. The molecule has 1 aliphatic heterocycles. The van der Waals surface area contributed by atoms with E-state index in [9.17, 15) is 9.18 Å². The minimum Gasteiger partial charge on any atom is -0.444 e. The summed E-state index contributed by atoms with van der Waals surface area (Å²) < 4.78 is 25.3. The molecule has 1 fully saturated rings. The number of aryl methyl sites for hydroxylation is 1. The van der Waals surface area contributed by atoms with Crippen LogP contribution in [0.3, 0.4) is 0 Å². The molecular formula is C20H31FN2O3. The third-order valence-corrected chi connectivity index (χ3v) is 4.50. The van der Waals surface area contributed by atoms with Gasteiger partial charge in [0.1, 0.15) is 11.4 Å². The number of ether oxygens (including phenoxy) is 2. The highest BCUT2D eigenvalue weighted by Gasteiger charge is 2.33. The molecule has 146 valence electrons. The molecule has 0 aromatic heterocycles. The number of carbonyl (C=O) groups is 1. The number of likely N-dealkylation sites (tertiary alicyclic amines) is 1. The Morgan fingerprint density at radius 1 is 1.42 bits per heavy atom. The standard InChI is InChI=1S/C20H31FN2O3/c1-14-7-8-16(21)12-17(14)18(25-11-9-22)15-6-5-10-23(13-15)19(24)26-20(2,3)4/h7-8,12,15,18H,5-6,9-11,13,22H2,1-4H3/t15-,18-/m1/s1. The number of benzene rings is 1. The average molecular weight is 366 g/mol. The fraction of sp³-hybridized carbons (Fsp3) is 0.650. The van der Waals surface area contributed by atoms with Crippen molar-refractivity contribution < 1.29 is 18.7 Å². The van der Waals surface area contributed by atoms with Crippen LogP contribution in [-0.2, 0) is 9.47 Å². The van der Waals surface area contributed by atoms with E-state index >= 15 is 0 Å². The lowest BCUT2D eigenvalue weighted by molar-refractivity contribution is -0.0236. The number of amides is 1. The Hall–Kier alpha value is -1.66. The van der Waals surface area contributed by atoms with E-state index in [1.807, 2.05) is 27.7 Å². The molecule has 0 bridgehead atoms. The molecule has 2 rings (SSSR count). The predicted octanol–water partition coefficient (Wildman–Crippen LogP) is 3.80. The van der Waals surface area contributed by atoms with Crippen molar-refractivity contribution in [3.8, 4) is 0 Å². The number of hydrogen-bond donors (Lipinski definition) is 1. The molecule has 2 atom stereocenters. The van der Waals surface area contributed by atoms with Gasteiger partial charge in [0.05, 0.1) is 12.7 Å². The van der Waals surface area contributed by atoms with E-state index in [1.54, 1.807) is 11.0 Å². The van der Waals surface area contributed by atoms with E-state index < -0.39 is 5.60 Å². The first-order chi connectivity index (χ1) is 12.2. The maximum atomic E-state index is 13.8. The van der Waals surface area contributed by atoms with E-state index in [-0.39, 0.29) is 23.9 Å². The Morgan fingerprint density at radius 2 is 2.15 bits per heavy atom. The zero-order valence-corrected chi connectivity index (χ0v) is 16.3. The summed E-state index contributed by atoms with van der Waals surface area (Å²) in [6.45, 7) is 9.50. The first kappa shape index (κ1) is 20.6. The first-order valence-corrected chi connectivity index (χ1v) is 9.27. The van der Waals surface area contributed by atoms with Crippen molar-refractivity contribution >= 4 is 6.09 Å². The molecule has 1 heterocycles. The van der Waals surface area contributed by atoms with Crippen molar-refractivity contribution in [3.63, 3.8) is 0 Å². The molecule has 6 heteroatoms. The van der Waals surface area contributed by atoms with Crippen molar-refractivity contribution in [1.82, 2.24) is 4.90 Å². The van der Waals surface area contributed by atoms with Gasteiger partial charge in [0.2, 0.25) is 0 Å². The second-order valence-electron chi connectivity index (χ2n) is 7.91. The average Bonchev–Trinajstić information content (AvgIpc) is 2.57. The first-order valence-electron chi connectivity index (χ1n) is 9.27. The van der Waals surface area contributed by atoms with Crippen LogP contribution < -0.4 is 5.73 Å². The summed E-state index contributed by atoms with van der Waals surface area (Å²) in [5.41, 5.74) is 6.89. The second-order valence-corrected chi connectivity index (χ2v) is 7.91. The van der Waals surface area contributed by atoms with Crippen LogP contribution in [0.2, 0.25) is 0 Å². The van der Waals surface area contributed by atoms with Crippen molar-refractivity contribution in [2.75, 3.05) is 26.2 Å². The summed E-state index contributed by atoms with van der Waals surface area (Å²) >= 11 is 0. The zero-order valence-electron chi connectivity index (χ0n) is 16.3. The maximum absolute atomic E-state index is 13.8. The smallest absolute Gasteiger partial charge is 0.410 e. The van der Waals surface area contributed by atoms with Gasteiger partial charge in [0.25, 0.3) is 0 Å². The van der Waals surface area contributed by atoms with Gasteiger partial charge in [-0.2, -0.15) is 0 Å². The largest absolute Gasteiger partial charge is 0.444 e. The quantitative estimate of drug-likeness (QED) is 0.861. The van der Waals surface area contributed by atoms with Gasteiger partial charge < -0.3 is 20.1 Å². The molecule has 1 amide bonds. The van der Waals surface area contributed by atoms with Gasteiger partial charge in [0.15, 0.2) is 0 Å². The highest BCUT2D eigenvalue weighted by molar-refractivity contribution is 5.68. The molecular weight excluding hydrogens is 335 g/mol. The van der Waals surface area contributed by atoms with Crippen LogP contribution in [0.15, 0.2) is 18.2 Å². The molecule has 1 saturated heterocycles. The summed E-state index contributed by atoms with van der Waals surface area (Å²) in [5.74, 6) is -0.213. The van der Waals surface area contributed by atoms with E-state index in [0.29, 0.717) is 26.2 Å². The Morgan fingerprint density at radius 3 is 2.81 bits per heavy atom. The fourth-order valence-corrected chi connectivity index (χ4v) is 3.34. The lowest BCUT2D eigenvalue weighted by Crippen LogP contribution is -2.44. The summed E-state index contributed by atoms with van der Waals surface area (Å²) in [6, 6.07) is 4.74. The van der Waals surface area contributed by atoms with Crippen LogP contribution >= 0.6 is 0 Å². The molecule has 1 aromatic rings. The highest BCUT2D eigenvalue weighted by atomic mass is 19.1. The van der Waals surface area contributed by atoms with Crippen LogP contribution in [0.1, 0.15) is 50.8 Å². The SMILES string of the molecule is Cc1ccc(F)cc1[C@H](OCCN)[C@@H]1CCCN(C(=O)OC(C)(C)C)C1. The van der Waals surface area contributed by atoms with Gasteiger partial charge in [0, 0.05) is 25.6 Å². The van der Waals surface area contributed by atoms with Crippen LogP contribution in [0.5, 0.6) is 0 Å². The molecule has 0 unspecified atom stereocenters. The van der Waals surface area contributed by atoms with Crippen molar-refractivity contribution in [2.24, 2.45) is 11.7 Å². The van der Waals surface area contributed by atoms with E-state index in [0.717, 1.165) is 24.0 Å². The summed E-state index contributed by atoms with van der Waals surface area (Å²) in [7, 11) is 0. The van der Waals surface area contributed by atoms with Gasteiger partial charge in [-0.3, -0.25) is 0 Å². The fourth-order valence-electron chi connectivity index (χ4n) is 3.34. The summed E-state index contributed by atoms with van der Waals surface area (Å²) in [5, 5.41) is 0. The maximum Gasteiger partial charge on any atom is 0.410 e. The number of rotatable bonds is 5. The number of nitrogens with zero attached hydrogens (tertiary/aromatic N) is 1. The molecule has 0 saturated carbocycles. The van der Waals surface area contributed by atoms with Crippen LogP contribution in [0.25, 0.3) is 0 Å². The van der Waals surface area contributed by atoms with Crippen molar-refractivity contribution in [2.45, 2.75) is 52.2 Å². The Kier molecular flexibility index (Phi) is 7.01. The van der Waals surface area contributed by atoms with Gasteiger partial charge in [-0.1, -0.05) is 6.07 Å². The number of halogens is 1. The number of hydrogen-bond acceptors (Lipinski definition) is 4. The minimum absolute atomic E-state index is 0.0725. The topological polar surface area (TPSA) is 64.8 Å². The van der Waals surface area contributed by atoms with E-state index in [2.05, 4.69) is 0 Å². The molecule has 26 heavy (non-hydrogen) atoms. The Balaban J connectivity index is 2.19. The highest BCUT2D eigenvalue weighted by Crippen LogP contribution is 2.35. The number of piperidine rings is 1. The molecule has 1 aromatic carbocycles. The molecule has 0 spiro atoms. The Labute approximate surface area is 155 Å². The Bertz CT molecular complexity index is 616. The third-order valence-electron chi connectivity index (χ3n) is 4.50. The molecule has 2 N–H and O–H groups in total. The van der Waals surface area contributed by atoms with Crippen molar-refractivity contribution in [3.05, 3.63) is 35.1 Å². The molecule has 1 aliphatic rings. The molecule has 0 radical (unpaired) electrons. The lowest BCUT2D eigenvalue weighted by Gasteiger charge is -2.38. The van der Waals surface area contributed by atoms with Crippen LogP contribution in [0, 0.1) is 18.7 Å². The summed E-state index contributed by atoms with van der Waals surface area (Å²) in [6.07, 6.45) is 1.17. The number of carbonyl (C=O) groups excluding carboxylic acids is 1. The van der Waals surface area contributed by atoms with E-state index in [4.69, 9.17) is 15.2 Å². The van der Waals surface area contributed by atoms with Gasteiger partial charge in [-0.05, 0) is 63.8 Å². The summed E-state index contributed by atoms with van der Waals surface area (Å²) in [4.78, 5) is 14.2. The van der Waals surface area contributed by atoms with Gasteiger partial charge in [-0.15, -0.1) is 0 Å². The van der Waals surface area contributed by atoms with E-state index in [1.165, 1.54) is 12.1 Å². The predicted molar refractivity (Wildman–Crippen MR) is 99.4 cm³/mol. The zero-order chi connectivity index (χ0) is 19.3. The normalized spacial score (nSPS) is 19.3. The van der Waals surface area contributed by atoms with Gasteiger partial charge in [-0.25, -0.2) is 9.18 Å². The van der Waals surface area contributed by atoms with Crippen LogP contribution in [-0.4, -0.2) is 42.8 Å². The minimum atomic E-state index is -0.529. The monoisotopic (exact) mass is 366 g/mol. The number of nitrogens with two attached hydrogens (primary N) is 1. The lowest BCUT2D eigenvalue weighted by atomic mass is 9.86. The van der Waals surface area contributed by atoms with Crippen LogP contribution in [0.4, 0.5) is 9.18 Å².